The van der Waals surface area contributed by atoms with Crippen LogP contribution in [-0.4, -0.2) is 77.0 Å². The molecule has 5 atom stereocenters. The lowest BCUT2D eigenvalue weighted by molar-refractivity contribution is 0.00706. The number of benzene rings is 2. The molecule has 174 valence electrons. The molecule has 3 fully saturated rings. The number of nitrogens with zero attached hydrogens (tertiary/aromatic N) is 2. The highest BCUT2D eigenvalue weighted by molar-refractivity contribution is 5.84. The molecule has 0 radical (unpaired) electrons. The molecule has 0 unspecified atom stereocenters. The van der Waals surface area contributed by atoms with Gasteiger partial charge in [-0.3, -0.25) is 0 Å². The number of aromatic nitrogens is 2. The molecule has 3 saturated heterocycles. The zero-order chi connectivity index (χ0) is 22.7. The largest absolute Gasteiger partial charge is 0.456 e. The monoisotopic (exact) mass is 459 g/mol. The third-order valence-electron chi connectivity index (χ3n) is 6.58. The van der Waals surface area contributed by atoms with Crippen LogP contribution < -0.4 is 9.64 Å². The highest BCUT2D eigenvalue weighted by Crippen LogP contribution is 2.35. The second kappa shape index (κ2) is 7.91. The lowest BCUT2D eigenvalue weighted by atomic mass is 10.0. The number of halogens is 2. The lowest BCUT2D eigenvalue weighted by Crippen LogP contribution is -2.34. The van der Waals surface area contributed by atoms with Crippen LogP contribution in [-0.2, 0) is 9.47 Å². The van der Waals surface area contributed by atoms with Crippen molar-refractivity contribution in [1.82, 2.24) is 9.97 Å². The Morgan fingerprint density at radius 3 is 2.64 bits per heavy atom. The van der Waals surface area contributed by atoms with Crippen molar-refractivity contribution in [3.8, 4) is 17.1 Å². The van der Waals surface area contributed by atoms with Gasteiger partial charge < -0.3 is 34.3 Å². The van der Waals surface area contributed by atoms with Gasteiger partial charge in [-0.05, 0) is 24.1 Å². The first kappa shape index (κ1) is 20.8. The van der Waals surface area contributed by atoms with Crippen molar-refractivity contribution < 1.29 is 33.2 Å². The Hall–Kier alpha value is -2.79. The normalized spacial score (nSPS) is 29.2. The number of β-amino-alcohol motifs (C(OH)–C–C–N with tert-alkyl or cyclic N) is 1. The molecule has 1 aromatic heterocycles. The van der Waals surface area contributed by atoms with Crippen LogP contribution in [0.4, 0.5) is 14.5 Å². The van der Waals surface area contributed by atoms with Crippen molar-refractivity contribution in [2.45, 2.75) is 36.9 Å². The molecule has 0 saturated carbocycles. The fourth-order valence-electron chi connectivity index (χ4n) is 4.88. The third-order valence-corrected chi connectivity index (χ3v) is 6.58. The molecule has 3 aromatic rings. The molecule has 0 aliphatic carbocycles. The van der Waals surface area contributed by atoms with Gasteiger partial charge in [-0.1, -0.05) is 12.1 Å². The van der Waals surface area contributed by atoms with Crippen LogP contribution in [0.15, 0.2) is 30.3 Å². The number of aliphatic hydroxyl groups excluding tert-OH is 2. The number of aromatic amines is 1. The Morgan fingerprint density at radius 2 is 1.88 bits per heavy atom. The van der Waals surface area contributed by atoms with Crippen LogP contribution in [0.25, 0.3) is 22.2 Å². The van der Waals surface area contributed by atoms with E-state index >= 15 is 4.39 Å². The van der Waals surface area contributed by atoms with E-state index in [-0.39, 0.29) is 41.9 Å². The number of hydrogen-bond donors (Lipinski definition) is 3. The summed E-state index contributed by atoms with van der Waals surface area (Å²) in [5.74, 6) is -1.50. The summed E-state index contributed by atoms with van der Waals surface area (Å²) >= 11 is 0. The number of nitrogens with one attached hydrogen (secondary N) is 1. The van der Waals surface area contributed by atoms with Crippen molar-refractivity contribution in [1.29, 1.82) is 0 Å². The van der Waals surface area contributed by atoms with E-state index < -0.39 is 36.1 Å². The van der Waals surface area contributed by atoms with Crippen molar-refractivity contribution in [2.75, 3.05) is 31.2 Å². The number of anilines is 1. The van der Waals surface area contributed by atoms with Gasteiger partial charge in [0.15, 0.2) is 11.9 Å². The number of H-pyrrole nitrogens is 1. The Kier molecular flexibility index (Phi) is 4.98. The smallest absolute Gasteiger partial charge is 0.295 e. The van der Waals surface area contributed by atoms with Gasteiger partial charge in [-0.2, -0.15) is 4.98 Å². The average molecular weight is 459 g/mol. The summed E-state index contributed by atoms with van der Waals surface area (Å²) < 4.78 is 47.1. The molecule has 0 bridgehead atoms. The fourth-order valence-corrected chi connectivity index (χ4v) is 4.88. The maximum atomic E-state index is 15.4. The van der Waals surface area contributed by atoms with Gasteiger partial charge in [0.05, 0.1) is 30.4 Å². The van der Waals surface area contributed by atoms with Crippen LogP contribution in [0.3, 0.4) is 0 Å². The summed E-state index contributed by atoms with van der Waals surface area (Å²) in [5, 5.41) is 19.6. The molecular formula is C23H23F2N3O5. The Labute approximate surface area is 187 Å². The molecule has 10 heteroatoms. The van der Waals surface area contributed by atoms with Crippen LogP contribution in [0, 0.1) is 11.6 Å². The molecule has 3 aliphatic rings. The van der Waals surface area contributed by atoms with E-state index in [1.54, 1.807) is 24.3 Å². The van der Waals surface area contributed by atoms with E-state index in [1.807, 2.05) is 4.90 Å². The first-order valence-corrected chi connectivity index (χ1v) is 11.0. The maximum Gasteiger partial charge on any atom is 0.295 e. The first-order chi connectivity index (χ1) is 16.0. The van der Waals surface area contributed by atoms with E-state index in [0.717, 1.165) is 12.2 Å². The summed E-state index contributed by atoms with van der Waals surface area (Å²) in [6.45, 7) is 1.65. The Balaban J connectivity index is 1.27. The molecule has 2 aromatic carbocycles. The number of imidazole rings is 1. The van der Waals surface area contributed by atoms with Crippen molar-refractivity contribution in [2.24, 2.45) is 0 Å². The van der Waals surface area contributed by atoms with Gasteiger partial charge in [0.2, 0.25) is 0 Å². The zero-order valence-corrected chi connectivity index (χ0v) is 17.6. The van der Waals surface area contributed by atoms with Gasteiger partial charge in [0.25, 0.3) is 6.01 Å². The third kappa shape index (κ3) is 3.54. The summed E-state index contributed by atoms with van der Waals surface area (Å²) in [5.41, 5.74) is 1.26. The van der Waals surface area contributed by atoms with Gasteiger partial charge >= 0.3 is 0 Å². The van der Waals surface area contributed by atoms with E-state index in [1.165, 1.54) is 6.07 Å². The first-order valence-electron chi connectivity index (χ1n) is 11.0. The van der Waals surface area contributed by atoms with Gasteiger partial charge in [0, 0.05) is 24.8 Å². The number of ether oxygens (including phenoxy) is 3. The van der Waals surface area contributed by atoms with Crippen molar-refractivity contribution in [3.05, 3.63) is 42.0 Å². The minimum Gasteiger partial charge on any atom is -0.456 e. The van der Waals surface area contributed by atoms with E-state index in [4.69, 9.17) is 14.2 Å². The summed E-state index contributed by atoms with van der Waals surface area (Å²) in [4.78, 5) is 9.04. The van der Waals surface area contributed by atoms with E-state index in [9.17, 15) is 14.6 Å². The molecule has 3 aliphatic heterocycles. The molecular weight excluding hydrogens is 436 g/mol. The second-order valence-corrected chi connectivity index (χ2v) is 8.74. The molecule has 6 rings (SSSR count). The summed E-state index contributed by atoms with van der Waals surface area (Å²) in [6, 6.07) is 8.14. The average Bonchev–Trinajstić information content (AvgIpc) is 3.56. The predicted molar refractivity (Wildman–Crippen MR) is 114 cm³/mol. The Morgan fingerprint density at radius 1 is 1.09 bits per heavy atom. The van der Waals surface area contributed by atoms with Crippen LogP contribution in [0.5, 0.6) is 6.01 Å². The quantitative estimate of drug-likeness (QED) is 0.549. The Bertz CT molecular complexity index is 1190. The molecule has 4 heterocycles. The molecule has 3 N–H and O–H groups in total. The minimum atomic E-state index is -0.784. The highest BCUT2D eigenvalue weighted by atomic mass is 19.1. The topological polar surface area (TPSA) is 100 Å². The number of fused-ring (bicyclic) bond motifs is 2. The van der Waals surface area contributed by atoms with Crippen LogP contribution >= 0.6 is 0 Å². The summed E-state index contributed by atoms with van der Waals surface area (Å²) in [7, 11) is 0. The lowest BCUT2D eigenvalue weighted by Gasteiger charge is -2.18. The number of hydrogen-bond acceptors (Lipinski definition) is 7. The highest BCUT2D eigenvalue weighted by Gasteiger charge is 2.48. The van der Waals surface area contributed by atoms with Crippen LogP contribution in [0.2, 0.25) is 0 Å². The molecule has 33 heavy (non-hydrogen) atoms. The molecule has 0 spiro atoms. The minimum absolute atomic E-state index is 0.0302. The van der Waals surface area contributed by atoms with Gasteiger partial charge in [-0.15, -0.1) is 0 Å². The van der Waals surface area contributed by atoms with Gasteiger partial charge in [0.1, 0.15) is 29.6 Å². The van der Waals surface area contributed by atoms with Crippen molar-refractivity contribution >= 4 is 16.7 Å². The predicted octanol–water partition coefficient (Wildman–Crippen LogP) is 1.98. The zero-order valence-electron chi connectivity index (χ0n) is 17.6. The van der Waals surface area contributed by atoms with Crippen LogP contribution in [0.1, 0.15) is 6.42 Å². The second-order valence-electron chi connectivity index (χ2n) is 8.74. The van der Waals surface area contributed by atoms with Gasteiger partial charge in [-0.25, -0.2) is 8.78 Å². The van der Waals surface area contributed by atoms with E-state index in [2.05, 4.69) is 9.97 Å². The summed E-state index contributed by atoms with van der Waals surface area (Å²) in [6.07, 6.45) is -1.80. The maximum absolute atomic E-state index is 15.4. The fraction of sp³-hybridized carbons (Fsp3) is 0.435. The standard InChI is InChI=1S/C23H23F2N3O5/c24-14-7-15-20(27-23(26-15)33-17-10-32-21-16(30)9-31-22(17)21)19(25)18(14)11-1-3-12(4-2-11)28-6-5-13(29)8-28/h1-4,7,13,16-17,21-22,29-30H,5-6,8-10H2,(H,26,27)/t13-,16-,17-,21-,22-/m1/s1. The van der Waals surface area contributed by atoms with E-state index in [0.29, 0.717) is 18.5 Å². The number of rotatable bonds is 4. The molecule has 8 nitrogen and oxygen atoms in total. The van der Waals surface area contributed by atoms with Crippen molar-refractivity contribution in [3.63, 3.8) is 0 Å². The number of aliphatic hydroxyl groups is 2. The SMILES string of the molecule is O[C@@H]1CCN(c2ccc(-c3c(F)cc4[nH]c(O[C@@H]5CO[C@H]6[C@@H]5OC[C@H]6O)nc4c3F)cc2)C1. The molecule has 0 amide bonds.